The Bertz CT molecular complexity index is 140. The maximum Gasteiger partial charge on any atom is 0.335 e. The summed E-state index contributed by atoms with van der Waals surface area (Å²) in [6.07, 6.45) is -5.57. The van der Waals surface area contributed by atoms with Crippen molar-refractivity contribution in [1.82, 2.24) is 6.15 Å². The average molecular weight is 183 g/mol. The molecule has 0 heterocycles. The van der Waals surface area contributed by atoms with Crippen LogP contribution in [0.25, 0.3) is 0 Å². The lowest BCUT2D eigenvalue weighted by Crippen LogP contribution is -2.43. The summed E-state index contributed by atoms with van der Waals surface area (Å²) in [7, 11) is 0. The van der Waals surface area contributed by atoms with Crippen molar-refractivity contribution in [2.75, 3.05) is 6.61 Å². The quantitative estimate of drug-likeness (QED) is 0.277. The van der Waals surface area contributed by atoms with Crippen molar-refractivity contribution in [3.05, 3.63) is 0 Å². The molecule has 3 unspecified atom stereocenters. The Morgan fingerprint density at radius 2 is 1.67 bits per heavy atom. The first kappa shape index (κ1) is 13.8. The van der Waals surface area contributed by atoms with E-state index in [0.717, 1.165) is 0 Å². The predicted octanol–water partition coefficient (Wildman–Crippen LogP) is -2.69. The van der Waals surface area contributed by atoms with Crippen LogP contribution in [0.1, 0.15) is 0 Å². The predicted molar refractivity (Wildman–Crippen MR) is 37.8 cm³/mol. The fraction of sp³-hybridized carbons (Fsp3) is 0.800. The summed E-state index contributed by atoms with van der Waals surface area (Å²) < 4.78 is 0. The molecule has 0 aromatic rings. The topological polar surface area (TPSA) is 153 Å². The summed E-state index contributed by atoms with van der Waals surface area (Å²) in [5, 5.41) is 42.2. The zero-order valence-electron chi connectivity index (χ0n) is 6.29. The van der Waals surface area contributed by atoms with Crippen molar-refractivity contribution in [2.45, 2.75) is 18.3 Å². The monoisotopic (exact) mass is 183 g/mol. The highest BCUT2D eigenvalue weighted by atomic mass is 16.4. The van der Waals surface area contributed by atoms with Crippen LogP contribution in [0.3, 0.4) is 0 Å². The maximum absolute atomic E-state index is 9.96. The second-order valence-corrected chi connectivity index (χ2v) is 2.02. The lowest BCUT2D eigenvalue weighted by Gasteiger charge is -2.17. The van der Waals surface area contributed by atoms with Crippen LogP contribution in [0.2, 0.25) is 0 Å². The van der Waals surface area contributed by atoms with Crippen molar-refractivity contribution >= 4 is 5.97 Å². The Hall–Kier alpha value is -0.730. The fourth-order valence-corrected chi connectivity index (χ4v) is 0.465. The largest absolute Gasteiger partial charge is 0.479 e. The first-order valence-electron chi connectivity index (χ1n) is 2.88. The summed E-state index contributed by atoms with van der Waals surface area (Å²) in [6, 6.07) is 0. The van der Waals surface area contributed by atoms with Gasteiger partial charge in [-0.2, -0.15) is 0 Å². The third kappa shape index (κ3) is 3.60. The molecule has 0 saturated heterocycles. The van der Waals surface area contributed by atoms with Crippen LogP contribution < -0.4 is 6.15 Å². The lowest BCUT2D eigenvalue weighted by molar-refractivity contribution is -0.159. The number of carboxylic acids is 1. The van der Waals surface area contributed by atoms with E-state index in [2.05, 4.69) is 0 Å². The number of aliphatic hydroxyl groups excluding tert-OH is 4. The molecule has 74 valence electrons. The third-order valence-corrected chi connectivity index (χ3v) is 1.16. The van der Waals surface area contributed by atoms with Crippen LogP contribution >= 0.6 is 0 Å². The van der Waals surface area contributed by atoms with E-state index in [1.165, 1.54) is 0 Å². The van der Waals surface area contributed by atoms with E-state index in [4.69, 9.17) is 25.5 Å². The highest BCUT2D eigenvalue weighted by Gasteiger charge is 2.29. The van der Waals surface area contributed by atoms with Crippen molar-refractivity contribution in [1.29, 1.82) is 0 Å². The highest BCUT2D eigenvalue weighted by Crippen LogP contribution is 1.99. The minimum Gasteiger partial charge on any atom is -0.479 e. The SMILES string of the molecule is N.O=C(O)C(O)C(O)C(O)CO. The van der Waals surface area contributed by atoms with Gasteiger partial charge in [-0.15, -0.1) is 0 Å². The molecule has 0 aromatic carbocycles. The maximum atomic E-state index is 9.96. The van der Waals surface area contributed by atoms with Crippen molar-refractivity contribution in [3.8, 4) is 0 Å². The number of rotatable bonds is 4. The van der Waals surface area contributed by atoms with Gasteiger partial charge >= 0.3 is 5.97 Å². The normalized spacial score (nSPS) is 17.3. The van der Waals surface area contributed by atoms with Gasteiger partial charge in [0.15, 0.2) is 6.10 Å². The number of carboxylic acid groups (broad SMARTS) is 1. The third-order valence-electron chi connectivity index (χ3n) is 1.16. The number of carbonyl (C=O) groups is 1. The molecule has 0 aliphatic rings. The Balaban J connectivity index is 0. The zero-order valence-corrected chi connectivity index (χ0v) is 6.29. The minimum absolute atomic E-state index is 0. The number of hydrogen-bond donors (Lipinski definition) is 6. The van der Waals surface area contributed by atoms with Crippen molar-refractivity contribution in [3.63, 3.8) is 0 Å². The van der Waals surface area contributed by atoms with Crippen LogP contribution in [0.5, 0.6) is 0 Å². The molecule has 0 radical (unpaired) electrons. The van der Waals surface area contributed by atoms with Gasteiger partial charge in [-0.25, -0.2) is 4.79 Å². The molecule has 0 aliphatic heterocycles. The lowest BCUT2D eigenvalue weighted by atomic mass is 10.1. The van der Waals surface area contributed by atoms with Crippen LogP contribution in [0.15, 0.2) is 0 Å². The van der Waals surface area contributed by atoms with Gasteiger partial charge in [0.1, 0.15) is 12.2 Å². The molecule has 0 saturated carbocycles. The van der Waals surface area contributed by atoms with Gasteiger partial charge in [-0.3, -0.25) is 0 Å². The molecule has 0 aromatic heterocycles. The molecule has 7 nitrogen and oxygen atoms in total. The second-order valence-electron chi connectivity index (χ2n) is 2.02. The van der Waals surface area contributed by atoms with Crippen LogP contribution in [0.4, 0.5) is 0 Å². The summed E-state index contributed by atoms with van der Waals surface area (Å²) in [5.41, 5.74) is 0. The van der Waals surface area contributed by atoms with Gasteiger partial charge in [-0.05, 0) is 0 Å². The van der Waals surface area contributed by atoms with Gasteiger partial charge in [0.2, 0.25) is 0 Å². The van der Waals surface area contributed by atoms with E-state index in [-0.39, 0.29) is 6.15 Å². The van der Waals surface area contributed by atoms with E-state index >= 15 is 0 Å². The van der Waals surface area contributed by atoms with Crippen LogP contribution in [0, 0.1) is 0 Å². The van der Waals surface area contributed by atoms with Crippen LogP contribution in [-0.2, 0) is 4.79 Å². The van der Waals surface area contributed by atoms with E-state index in [9.17, 15) is 4.79 Å². The fourth-order valence-electron chi connectivity index (χ4n) is 0.465. The minimum atomic E-state index is -2.07. The smallest absolute Gasteiger partial charge is 0.335 e. The second kappa shape index (κ2) is 5.86. The molecule has 0 spiro atoms. The molecular formula is C5H13NO6. The Morgan fingerprint density at radius 1 is 1.25 bits per heavy atom. The molecule has 3 atom stereocenters. The van der Waals surface area contributed by atoms with Crippen LogP contribution in [-0.4, -0.2) is 56.4 Å². The van der Waals surface area contributed by atoms with Gasteiger partial charge in [0.25, 0.3) is 0 Å². The molecule has 0 aliphatic carbocycles. The Morgan fingerprint density at radius 3 is 1.92 bits per heavy atom. The summed E-state index contributed by atoms with van der Waals surface area (Å²) in [5.74, 6) is -1.65. The van der Waals surface area contributed by atoms with Gasteiger partial charge in [0.05, 0.1) is 6.61 Å². The highest BCUT2D eigenvalue weighted by molar-refractivity contribution is 5.72. The standard InChI is InChI=1S/C5H10O6.H3N/c6-1-2(7)3(8)4(9)5(10)11;/h2-4,6-9H,1H2,(H,10,11);1H3. The molecule has 0 bridgehead atoms. The first-order valence-corrected chi connectivity index (χ1v) is 2.88. The molecule has 12 heavy (non-hydrogen) atoms. The Kier molecular flexibility index (Phi) is 6.76. The van der Waals surface area contributed by atoms with Gasteiger partial charge in [-0.1, -0.05) is 0 Å². The average Bonchev–Trinajstić information content (AvgIpc) is 2.00. The molecule has 0 rings (SSSR count). The molecule has 0 amide bonds. The van der Waals surface area contributed by atoms with Gasteiger partial charge < -0.3 is 31.7 Å². The van der Waals surface area contributed by atoms with Crippen molar-refractivity contribution in [2.24, 2.45) is 0 Å². The van der Waals surface area contributed by atoms with Crippen molar-refractivity contribution < 1.29 is 30.3 Å². The van der Waals surface area contributed by atoms with E-state index in [1.54, 1.807) is 0 Å². The molecular weight excluding hydrogens is 170 g/mol. The first-order chi connectivity index (χ1) is 5.00. The molecule has 8 N–H and O–H groups in total. The summed E-state index contributed by atoms with van der Waals surface area (Å²) in [6.45, 7) is -0.800. The number of aliphatic carboxylic acids is 1. The molecule has 7 heteroatoms. The molecule has 0 fully saturated rings. The summed E-state index contributed by atoms with van der Waals surface area (Å²) >= 11 is 0. The van der Waals surface area contributed by atoms with E-state index in [1.807, 2.05) is 0 Å². The van der Waals surface area contributed by atoms with E-state index < -0.39 is 30.9 Å². The number of aliphatic hydroxyl groups is 4. The van der Waals surface area contributed by atoms with E-state index in [0.29, 0.717) is 0 Å². The zero-order chi connectivity index (χ0) is 9.02. The van der Waals surface area contributed by atoms with Gasteiger partial charge in [0, 0.05) is 0 Å². The summed E-state index contributed by atoms with van der Waals surface area (Å²) in [4.78, 5) is 9.96. The Labute approximate surface area is 68.5 Å². The number of hydrogen-bond acceptors (Lipinski definition) is 6.